The third-order valence-electron chi connectivity index (χ3n) is 4.43. The highest BCUT2D eigenvalue weighted by Crippen LogP contribution is 2.15. The smallest absolute Gasteiger partial charge is 0.242 e. The van der Waals surface area contributed by atoms with Crippen molar-refractivity contribution in [3.63, 3.8) is 0 Å². The van der Waals surface area contributed by atoms with Crippen LogP contribution < -0.4 is 10.6 Å². The molecule has 3 aromatic rings. The Balaban J connectivity index is 1.33. The number of aryl methyl sites for hydroxylation is 2. The van der Waals surface area contributed by atoms with E-state index in [-0.39, 0.29) is 11.9 Å². The van der Waals surface area contributed by atoms with Crippen LogP contribution in [0, 0.1) is 0 Å². The average Bonchev–Trinajstić information content (AvgIpc) is 3.31. The van der Waals surface area contributed by atoms with Gasteiger partial charge in [0.1, 0.15) is 6.04 Å². The topological polar surface area (TPSA) is 84.7 Å². The highest BCUT2D eigenvalue weighted by molar-refractivity contribution is 5.86. The molecule has 0 aliphatic carbocycles. The Labute approximate surface area is 151 Å². The van der Waals surface area contributed by atoms with E-state index in [1.807, 2.05) is 42.5 Å². The summed E-state index contributed by atoms with van der Waals surface area (Å²) in [6, 6.07) is 17.8. The number of anilines is 1. The van der Waals surface area contributed by atoms with Crippen LogP contribution in [0.2, 0.25) is 0 Å². The van der Waals surface area contributed by atoms with Crippen molar-refractivity contribution in [3.05, 3.63) is 60.2 Å². The van der Waals surface area contributed by atoms with Gasteiger partial charge >= 0.3 is 0 Å². The maximum Gasteiger partial charge on any atom is 0.242 e. The van der Waals surface area contributed by atoms with Gasteiger partial charge in [-0.2, -0.15) is 4.80 Å². The Hall–Kier alpha value is -3.22. The van der Waals surface area contributed by atoms with E-state index in [4.69, 9.17) is 0 Å². The van der Waals surface area contributed by atoms with Gasteiger partial charge in [-0.15, -0.1) is 10.2 Å². The lowest BCUT2D eigenvalue weighted by atomic mass is 10.1. The molecule has 1 aliphatic rings. The normalized spacial score (nSPS) is 16.5. The second-order valence-corrected chi connectivity index (χ2v) is 6.30. The largest absolute Gasteiger partial charge is 0.374 e. The van der Waals surface area contributed by atoms with Gasteiger partial charge < -0.3 is 10.6 Å². The molecule has 2 N–H and O–H groups in total. The van der Waals surface area contributed by atoms with Crippen LogP contribution >= 0.6 is 0 Å². The highest BCUT2D eigenvalue weighted by atomic mass is 16.2. The molecule has 0 saturated carbocycles. The number of nitrogens with one attached hydrogen (secondary N) is 2. The summed E-state index contributed by atoms with van der Waals surface area (Å²) in [5.74, 6) is 0.709. The fourth-order valence-electron chi connectivity index (χ4n) is 2.97. The van der Waals surface area contributed by atoms with Gasteiger partial charge in [0.25, 0.3) is 0 Å². The summed E-state index contributed by atoms with van der Waals surface area (Å²) >= 11 is 0. The summed E-state index contributed by atoms with van der Waals surface area (Å²) in [5.41, 5.74) is 3.11. The zero-order valence-electron chi connectivity index (χ0n) is 14.3. The number of rotatable bonds is 6. The second kappa shape index (κ2) is 7.35. The lowest BCUT2D eigenvalue weighted by molar-refractivity contribution is -0.119. The van der Waals surface area contributed by atoms with E-state index in [0.29, 0.717) is 12.4 Å². The van der Waals surface area contributed by atoms with Crippen molar-refractivity contribution in [1.82, 2.24) is 25.5 Å². The number of amides is 1. The van der Waals surface area contributed by atoms with Crippen molar-refractivity contribution in [2.45, 2.75) is 25.4 Å². The molecule has 0 radical (unpaired) electrons. The molecule has 1 amide bonds. The van der Waals surface area contributed by atoms with Crippen LogP contribution in [-0.2, 0) is 17.8 Å². The van der Waals surface area contributed by atoms with Gasteiger partial charge in [-0.1, -0.05) is 42.5 Å². The van der Waals surface area contributed by atoms with Gasteiger partial charge in [-0.25, -0.2) is 0 Å². The molecule has 132 valence electrons. The highest BCUT2D eigenvalue weighted by Gasteiger charge is 2.23. The molecule has 0 spiro atoms. The molecule has 1 atom stereocenters. The van der Waals surface area contributed by atoms with Crippen molar-refractivity contribution in [3.8, 4) is 11.4 Å². The van der Waals surface area contributed by atoms with Gasteiger partial charge in [-0.3, -0.25) is 4.79 Å². The van der Waals surface area contributed by atoms with E-state index in [1.165, 1.54) is 5.56 Å². The third-order valence-corrected chi connectivity index (χ3v) is 4.43. The summed E-state index contributed by atoms with van der Waals surface area (Å²) in [5, 5.41) is 18.8. The zero-order valence-corrected chi connectivity index (χ0v) is 14.3. The number of hydrogen-bond acceptors (Lipinski definition) is 5. The molecule has 2 heterocycles. The summed E-state index contributed by atoms with van der Waals surface area (Å²) in [4.78, 5) is 13.2. The van der Waals surface area contributed by atoms with Crippen LogP contribution in [0.5, 0.6) is 0 Å². The fraction of sp³-hybridized carbons (Fsp3) is 0.263. The molecule has 0 bridgehead atoms. The molecule has 0 unspecified atom stereocenters. The Kier molecular flexibility index (Phi) is 4.59. The minimum absolute atomic E-state index is 0.0700. The van der Waals surface area contributed by atoms with Crippen molar-refractivity contribution in [2.75, 3.05) is 11.9 Å². The van der Waals surface area contributed by atoms with Gasteiger partial charge in [-0.05, 0) is 35.8 Å². The average molecular weight is 348 g/mol. The van der Waals surface area contributed by atoms with E-state index < -0.39 is 0 Å². The Bertz CT molecular complexity index is 875. The van der Waals surface area contributed by atoms with Crippen molar-refractivity contribution >= 4 is 11.6 Å². The molecule has 4 rings (SSSR count). The fourth-order valence-corrected chi connectivity index (χ4v) is 2.97. The van der Waals surface area contributed by atoms with Crippen LogP contribution in [0.1, 0.15) is 12.0 Å². The van der Waals surface area contributed by atoms with E-state index in [1.54, 1.807) is 4.80 Å². The Morgan fingerprint density at radius 2 is 1.92 bits per heavy atom. The SMILES string of the molecule is O=C1NCC[C@@H]1Nc1ccc(CCn2nnc(-c3ccccc3)n2)cc1. The minimum Gasteiger partial charge on any atom is -0.374 e. The lowest BCUT2D eigenvalue weighted by Crippen LogP contribution is -2.29. The summed E-state index contributed by atoms with van der Waals surface area (Å²) in [7, 11) is 0. The number of carbonyl (C=O) groups is 1. The van der Waals surface area contributed by atoms with E-state index in [9.17, 15) is 4.79 Å². The van der Waals surface area contributed by atoms with Crippen LogP contribution in [-0.4, -0.2) is 38.7 Å². The van der Waals surface area contributed by atoms with Crippen LogP contribution in [0.4, 0.5) is 5.69 Å². The Morgan fingerprint density at radius 3 is 2.65 bits per heavy atom. The van der Waals surface area contributed by atoms with E-state index in [0.717, 1.165) is 30.6 Å². The Morgan fingerprint density at radius 1 is 1.12 bits per heavy atom. The zero-order chi connectivity index (χ0) is 17.8. The summed E-state index contributed by atoms with van der Waals surface area (Å²) < 4.78 is 0. The first-order valence-corrected chi connectivity index (χ1v) is 8.74. The first-order chi connectivity index (χ1) is 12.8. The lowest BCUT2D eigenvalue weighted by Gasteiger charge is -2.11. The van der Waals surface area contributed by atoms with Gasteiger partial charge in [0.05, 0.1) is 6.54 Å². The third kappa shape index (κ3) is 3.72. The van der Waals surface area contributed by atoms with Crippen LogP contribution in [0.15, 0.2) is 54.6 Å². The van der Waals surface area contributed by atoms with Crippen molar-refractivity contribution < 1.29 is 4.79 Å². The molecule has 1 fully saturated rings. The quantitative estimate of drug-likeness (QED) is 0.710. The standard InChI is InChI=1S/C19H20N6O/c26-19-17(10-12-20-19)21-16-8-6-14(7-9-16)11-13-25-23-18(22-24-25)15-4-2-1-3-5-15/h1-9,17,21H,10-13H2,(H,20,26)/t17-/m0/s1. The molecular formula is C19H20N6O. The van der Waals surface area contributed by atoms with Crippen molar-refractivity contribution in [2.24, 2.45) is 0 Å². The summed E-state index contributed by atoms with van der Waals surface area (Å²) in [6.07, 6.45) is 1.64. The number of benzene rings is 2. The number of aromatic nitrogens is 4. The predicted molar refractivity (Wildman–Crippen MR) is 98.4 cm³/mol. The number of tetrazole rings is 1. The van der Waals surface area contributed by atoms with Crippen molar-refractivity contribution in [1.29, 1.82) is 0 Å². The molecule has 7 nitrogen and oxygen atoms in total. The molecular weight excluding hydrogens is 328 g/mol. The molecule has 1 aliphatic heterocycles. The molecule has 1 saturated heterocycles. The number of hydrogen-bond donors (Lipinski definition) is 2. The maximum absolute atomic E-state index is 11.6. The molecule has 7 heteroatoms. The first-order valence-electron chi connectivity index (χ1n) is 8.74. The first kappa shape index (κ1) is 16.3. The second-order valence-electron chi connectivity index (χ2n) is 6.30. The number of nitrogens with zero attached hydrogens (tertiary/aromatic N) is 4. The van der Waals surface area contributed by atoms with E-state index >= 15 is 0 Å². The molecule has 1 aromatic heterocycles. The van der Waals surface area contributed by atoms with Crippen LogP contribution in [0.25, 0.3) is 11.4 Å². The van der Waals surface area contributed by atoms with Gasteiger partial charge in [0, 0.05) is 17.8 Å². The van der Waals surface area contributed by atoms with E-state index in [2.05, 4.69) is 38.2 Å². The molecule has 26 heavy (non-hydrogen) atoms. The van der Waals surface area contributed by atoms with Gasteiger partial charge in [0.15, 0.2) is 0 Å². The monoisotopic (exact) mass is 348 g/mol. The van der Waals surface area contributed by atoms with Gasteiger partial charge in [0.2, 0.25) is 11.7 Å². The number of carbonyl (C=O) groups excluding carboxylic acids is 1. The predicted octanol–water partition coefficient (Wildman–Crippen LogP) is 1.88. The van der Waals surface area contributed by atoms with Crippen LogP contribution in [0.3, 0.4) is 0 Å². The maximum atomic E-state index is 11.6. The molecule has 2 aromatic carbocycles. The summed E-state index contributed by atoms with van der Waals surface area (Å²) in [6.45, 7) is 1.40. The minimum atomic E-state index is -0.128.